The van der Waals surface area contributed by atoms with Gasteiger partial charge in [-0.3, -0.25) is 4.79 Å². The van der Waals surface area contributed by atoms with E-state index in [1.54, 1.807) is 0 Å². The Kier molecular flexibility index (Phi) is 4.42. The fourth-order valence-corrected chi connectivity index (χ4v) is 2.42. The van der Waals surface area contributed by atoms with Crippen molar-refractivity contribution in [3.8, 4) is 0 Å². The number of aromatic nitrogens is 1. The highest BCUT2D eigenvalue weighted by Gasteiger charge is 2.29. The molecule has 0 aromatic carbocycles. The van der Waals surface area contributed by atoms with Crippen LogP contribution in [0.3, 0.4) is 0 Å². The first-order valence-corrected chi connectivity index (χ1v) is 6.85. The highest BCUT2D eigenvalue weighted by Crippen LogP contribution is 2.26. The van der Waals surface area contributed by atoms with Crippen LogP contribution in [-0.4, -0.2) is 39.7 Å². The molecular weight excluding hydrogens is 228 g/mol. The minimum Gasteiger partial charge on any atom is -0.396 e. The van der Waals surface area contributed by atoms with Gasteiger partial charge in [-0.2, -0.15) is 0 Å². The van der Waals surface area contributed by atoms with Crippen LogP contribution in [0.4, 0.5) is 0 Å². The number of hydrogen-bond donors (Lipinski definition) is 1. The van der Waals surface area contributed by atoms with E-state index >= 15 is 0 Å². The molecule has 0 atom stereocenters. The van der Waals surface area contributed by atoms with Crippen LogP contribution in [0.15, 0.2) is 18.3 Å². The molecule has 2 rings (SSSR count). The fraction of sp³-hybridized carbons (Fsp3) is 0.643. The first-order chi connectivity index (χ1) is 8.77. The van der Waals surface area contributed by atoms with Gasteiger partial charge in [-0.05, 0) is 44.7 Å². The molecule has 0 unspecified atom stereocenters. The number of aliphatic hydroxyl groups excluding tert-OH is 1. The first-order valence-electron chi connectivity index (χ1n) is 6.85. The van der Waals surface area contributed by atoms with E-state index in [9.17, 15) is 4.79 Å². The van der Waals surface area contributed by atoms with E-state index in [-0.39, 0.29) is 12.5 Å². The number of aliphatic hydroxyl groups is 1. The van der Waals surface area contributed by atoms with Crippen molar-refractivity contribution in [2.75, 3.05) is 13.2 Å². The lowest BCUT2D eigenvalue weighted by Crippen LogP contribution is -2.45. The smallest absolute Gasteiger partial charge is 0.270 e. The van der Waals surface area contributed by atoms with Gasteiger partial charge in [0, 0.05) is 31.9 Å². The summed E-state index contributed by atoms with van der Waals surface area (Å²) in [6, 6.07) is 4.18. The summed E-state index contributed by atoms with van der Waals surface area (Å²) in [5, 5.41) is 8.96. The standard InChI is InChI=1S/C14H22N2O2/c1-2-15-9-4-8-13(15)14(18)16(10-5-11-17)12-6-3-7-12/h4,8-9,12,17H,2-3,5-7,10-11H2,1H3. The van der Waals surface area contributed by atoms with Gasteiger partial charge in [0.25, 0.3) is 5.91 Å². The number of rotatable bonds is 6. The van der Waals surface area contributed by atoms with Crippen LogP contribution in [0.25, 0.3) is 0 Å². The van der Waals surface area contributed by atoms with Gasteiger partial charge in [0.2, 0.25) is 0 Å². The molecular formula is C14H22N2O2. The minimum absolute atomic E-state index is 0.111. The molecule has 1 fully saturated rings. The molecule has 0 saturated heterocycles. The lowest BCUT2D eigenvalue weighted by Gasteiger charge is -2.37. The molecule has 0 aliphatic heterocycles. The Morgan fingerprint density at radius 2 is 2.33 bits per heavy atom. The quantitative estimate of drug-likeness (QED) is 0.838. The van der Waals surface area contributed by atoms with Gasteiger partial charge in [0.1, 0.15) is 5.69 Å². The van der Waals surface area contributed by atoms with E-state index in [0.29, 0.717) is 19.0 Å². The topological polar surface area (TPSA) is 45.5 Å². The van der Waals surface area contributed by atoms with E-state index < -0.39 is 0 Å². The van der Waals surface area contributed by atoms with Crippen molar-refractivity contribution in [3.05, 3.63) is 24.0 Å². The first kappa shape index (κ1) is 13.1. The van der Waals surface area contributed by atoms with Crippen LogP contribution in [0.2, 0.25) is 0 Å². The van der Waals surface area contributed by atoms with Gasteiger partial charge >= 0.3 is 0 Å². The molecule has 1 N–H and O–H groups in total. The number of carbonyl (C=O) groups excluding carboxylic acids is 1. The van der Waals surface area contributed by atoms with Gasteiger partial charge < -0.3 is 14.6 Å². The summed E-state index contributed by atoms with van der Waals surface area (Å²) < 4.78 is 1.98. The molecule has 18 heavy (non-hydrogen) atoms. The molecule has 1 heterocycles. The molecule has 1 aliphatic rings. The predicted molar refractivity (Wildman–Crippen MR) is 70.5 cm³/mol. The molecule has 1 aliphatic carbocycles. The third-order valence-corrected chi connectivity index (χ3v) is 3.72. The molecule has 1 saturated carbocycles. The van der Waals surface area contributed by atoms with Gasteiger partial charge in [-0.25, -0.2) is 0 Å². The molecule has 0 radical (unpaired) electrons. The zero-order valence-electron chi connectivity index (χ0n) is 11.0. The summed E-state index contributed by atoms with van der Waals surface area (Å²) in [5.41, 5.74) is 0.766. The largest absolute Gasteiger partial charge is 0.396 e. The Hall–Kier alpha value is -1.29. The second-order valence-corrected chi connectivity index (χ2v) is 4.84. The molecule has 1 aromatic rings. The predicted octanol–water partition coefficient (Wildman–Crippen LogP) is 1.89. The summed E-state index contributed by atoms with van der Waals surface area (Å²) in [6.45, 7) is 3.66. The second-order valence-electron chi connectivity index (χ2n) is 4.84. The average molecular weight is 250 g/mol. The third-order valence-electron chi connectivity index (χ3n) is 3.72. The fourth-order valence-electron chi connectivity index (χ4n) is 2.42. The number of hydrogen-bond acceptors (Lipinski definition) is 2. The van der Waals surface area contributed by atoms with E-state index in [1.807, 2.05) is 34.7 Å². The lowest BCUT2D eigenvalue weighted by molar-refractivity contribution is 0.0552. The summed E-state index contributed by atoms with van der Waals surface area (Å²) in [7, 11) is 0. The Morgan fingerprint density at radius 1 is 1.56 bits per heavy atom. The highest BCUT2D eigenvalue weighted by atomic mass is 16.3. The van der Waals surface area contributed by atoms with Crippen LogP contribution in [0.1, 0.15) is 43.1 Å². The maximum absolute atomic E-state index is 12.5. The number of amides is 1. The molecule has 1 amide bonds. The van der Waals surface area contributed by atoms with Crippen molar-refractivity contribution in [1.29, 1.82) is 0 Å². The highest BCUT2D eigenvalue weighted by molar-refractivity contribution is 5.93. The normalized spacial score (nSPS) is 15.4. The van der Waals surface area contributed by atoms with Crippen LogP contribution in [-0.2, 0) is 6.54 Å². The van der Waals surface area contributed by atoms with Gasteiger partial charge in [-0.1, -0.05) is 0 Å². The maximum Gasteiger partial charge on any atom is 0.270 e. The van der Waals surface area contributed by atoms with Gasteiger partial charge in [0.15, 0.2) is 0 Å². The van der Waals surface area contributed by atoms with Crippen LogP contribution < -0.4 is 0 Å². The third kappa shape index (κ3) is 2.58. The zero-order valence-corrected chi connectivity index (χ0v) is 11.0. The Labute approximate surface area is 108 Å². The summed E-state index contributed by atoms with van der Waals surface area (Å²) in [4.78, 5) is 14.5. The lowest BCUT2D eigenvalue weighted by atomic mass is 9.91. The van der Waals surface area contributed by atoms with Crippen molar-refractivity contribution in [3.63, 3.8) is 0 Å². The van der Waals surface area contributed by atoms with E-state index in [0.717, 1.165) is 25.1 Å². The van der Waals surface area contributed by atoms with Crippen LogP contribution in [0, 0.1) is 0 Å². The zero-order chi connectivity index (χ0) is 13.0. The number of nitrogens with zero attached hydrogens (tertiary/aromatic N) is 2. The molecule has 4 nitrogen and oxygen atoms in total. The van der Waals surface area contributed by atoms with Crippen LogP contribution >= 0.6 is 0 Å². The maximum atomic E-state index is 12.5. The van der Waals surface area contributed by atoms with Crippen molar-refractivity contribution in [2.24, 2.45) is 0 Å². The average Bonchev–Trinajstić information content (AvgIpc) is 2.79. The molecule has 1 aromatic heterocycles. The van der Waals surface area contributed by atoms with Crippen molar-refractivity contribution in [2.45, 2.75) is 45.2 Å². The van der Waals surface area contributed by atoms with E-state index in [2.05, 4.69) is 0 Å². The van der Waals surface area contributed by atoms with Gasteiger partial charge in [0.05, 0.1) is 0 Å². The second kappa shape index (κ2) is 6.05. The van der Waals surface area contributed by atoms with Crippen molar-refractivity contribution in [1.82, 2.24) is 9.47 Å². The summed E-state index contributed by atoms with van der Waals surface area (Å²) >= 11 is 0. The SMILES string of the molecule is CCn1cccc1C(=O)N(CCCO)C1CCC1. The van der Waals surface area contributed by atoms with E-state index in [4.69, 9.17) is 5.11 Å². The number of carbonyl (C=O) groups is 1. The molecule has 100 valence electrons. The van der Waals surface area contributed by atoms with E-state index in [1.165, 1.54) is 6.42 Å². The van der Waals surface area contributed by atoms with Crippen molar-refractivity contribution < 1.29 is 9.90 Å². The monoisotopic (exact) mass is 250 g/mol. The molecule has 4 heteroatoms. The van der Waals surface area contributed by atoms with Gasteiger partial charge in [-0.15, -0.1) is 0 Å². The van der Waals surface area contributed by atoms with Crippen LogP contribution in [0.5, 0.6) is 0 Å². The summed E-state index contributed by atoms with van der Waals surface area (Å²) in [6.07, 6.45) is 6.02. The van der Waals surface area contributed by atoms with Crippen molar-refractivity contribution >= 4 is 5.91 Å². The number of aryl methyl sites for hydroxylation is 1. The molecule has 0 bridgehead atoms. The molecule has 0 spiro atoms. The minimum atomic E-state index is 0.111. The Morgan fingerprint density at radius 3 is 2.89 bits per heavy atom. The summed E-state index contributed by atoms with van der Waals surface area (Å²) in [5.74, 6) is 0.111. The Balaban J connectivity index is 2.11. The Bertz CT molecular complexity index is 396.